The Morgan fingerprint density at radius 1 is 0.939 bits per heavy atom. The van der Waals surface area contributed by atoms with Gasteiger partial charge in [0.25, 0.3) is 5.91 Å². The molecule has 2 aromatic heterocycles. The molecule has 1 fully saturated rings. The summed E-state index contributed by atoms with van der Waals surface area (Å²) in [5.74, 6) is 0.382. The fourth-order valence-electron chi connectivity index (χ4n) is 3.95. The van der Waals surface area contributed by atoms with Crippen molar-refractivity contribution in [3.8, 4) is 11.3 Å². The Bertz CT molecular complexity index is 1360. The van der Waals surface area contributed by atoms with Crippen LogP contribution in [0.2, 0.25) is 0 Å². The number of rotatable bonds is 4. The van der Waals surface area contributed by atoms with E-state index in [4.69, 9.17) is 4.42 Å². The second-order valence-corrected chi connectivity index (χ2v) is 8.90. The first kappa shape index (κ1) is 21.3. The van der Waals surface area contributed by atoms with Crippen molar-refractivity contribution in [3.63, 3.8) is 0 Å². The molecule has 0 unspecified atom stereocenters. The number of fused-ring (bicyclic) bond motifs is 1. The van der Waals surface area contributed by atoms with Crippen LogP contribution in [0.5, 0.6) is 0 Å². The largest absolute Gasteiger partial charge is 0.422 e. The molecule has 1 saturated heterocycles. The summed E-state index contributed by atoms with van der Waals surface area (Å²) in [4.78, 5) is 27.2. The first-order chi connectivity index (χ1) is 16.1. The summed E-state index contributed by atoms with van der Waals surface area (Å²) in [6.45, 7) is 2.05. The number of benzene rings is 2. The van der Waals surface area contributed by atoms with Gasteiger partial charge in [-0.1, -0.05) is 28.1 Å². The van der Waals surface area contributed by atoms with Crippen molar-refractivity contribution >= 4 is 44.3 Å². The summed E-state index contributed by atoms with van der Waals surface area (Å²) in [5, 5.41) is 12.2. The SMILES string of the molecule is O=C(Nc1ccc(-c2ccc(N3CCCCC3)nn2)cc1)c1cc2cc(Br)ccc2oc1=O. The number of nitrogens with one attached hydrogen (secondary N) is 1. The number of amides is 1. The van der Waals surface area contributed by atoms with Gasteiger partial charge in [-0.25, -0.2) is 4.79 Å². The number of carbonyl (C=O) groups excluding carboxylic acids is 1. The van der Waals surface area contributed by atoms with Crippen LogP contribution in [0, 0.1) is 0 Å². The second-order valence-electron chi connectivity index (χ2n) is 7.99. The number of halogens is 1. The minimum absolute atomic E-state index is 0.0520. The highest BCUT2D eigenvalue weighted by atomic mass is 79.9. The Hall–Kier alpha value is -3.52. The fourth-order valence-corrected chi connectivity index (χ4v) is 4.32. The van der Waals surface area contributed by atoms with Gasteiger partial charge in [-0.2, -0.15) is 0 Å². The van der Waals surface area contributed by atoms with Crippen LogP contribution < -0.4 is 15.8 Å². The van der Waals surface area contributed by atoms with E-state index in [1.54, 1.807) is 30.3 Å². The summed E-state index contributed by atoms with van der Waals surface area (Å²) in [6, 6.07) is 18.0. The van der Waals surface area contributed by atoms with E-state index < -0.39 is 11.5 Å². The zero-order valence-corrected chi connectivity index (χ0v) is 19.3. The van der Waals surface area contributed by atoms with E-state index in [1.807, 2.05) is 24.3 Å². The molecule has 1 amide bonds. The molecule has 0 atom stereocenters. The molecule has 0 aliphatic carbocycles. The van der Waals surface area contributed by atoms with Crippen LogP contribution in [0.4, 0.5) is 11.5 Å². The van der Waals surface area contributed by atoms with Gasteiger partial charge in [0, 0.05) is 34.2 Å². The molecular weight excluding hydrogens is 484 g/mol. The molecule has 5 rings (SSSR count). The molecular formula is C25H21BrN4O3. The van der Waals surface area contributed by atoms with Gasteiger partial charge >= 0.3 is 5.63 Å². The van der Waals surface area contributed by atoms with Crippen molar-refractivity contribution in [2.75, 3.05) is 23.3 Å². The predicted octanol–water partition coefficient (Wildman–Crippen LogP) is 5.26. The summed E-state index contributed by atoms with van der Waals surface area (Å²) >= 11 is 3.38. The molecule has 1 aliphatic rings. The minimum atomic E-state index is -0.678. The van der Waals surface area contributed by atoms with Crippen LogP contribution in [-0.2, 0) is 0 Å². The van der Waals surface area contributed by atoms with E-state index in [-0.39, 0.29) is 5.56 Å². The Balaban J connectivity index is 1.31. The van der Waals surface area contributed by atoms with Gasteiger partial charge < -0.3 is 14.6 Å². The van der Waals surface area contributed by atoms with Crippen molar-refractivity contribution in [3.05, 3.63) is 81.1 Å². The highest BCUT2D eigenvalue weighted by Crippen LogP contribution is 2.23. The Morgan fingerprint density at radius 3 is 2.45 bits per heavy atom. The van der Waals surface area contributed by atoms with Crippen LogP contribution in [0.15, 0.2) is 74.3 Å². The van der Waals surface area contributed by atoms with Crippen molar-refractivity contribution in [1.82, 2.24) is 10.2 Å². The first-order valence-electron chi connectivity index (χ1n) is 10.8. The standard InChI is InChI=1S/C25H21BrN4O3/c26-18-6-10-22-17(14-18)15-20(25(32)33-22)24(31)27-19-7-4-16(5-8-19)21-9-11-23(29-28-21)30-12-2-1-3-13-30/h4-11,14-15H,1-3,12-13H2,(H,27,31). The number of piperidine rings is 1. The average molecular weight is 505 g/mol. The highest BCUT2D eigenvalue weighted by molar-refractivity contribution is 9.10. The molecule has 2 aromatic carbocycles. The van der Waals surface area contributed by atoms with Gasteiger partial charge in [0.2, 0.25) is 0 Å². The average Bonchev–Trinajstić information content (AvgIpc) is 2.85. The molecule has 166 valence electrons. The lowest BCUT2D eigenvalue weighted by atomic mass is 10.1. The highest BCUT2D eigenvalue weighted by Gasteiger charge is 2.15. The molecule has 0 saturated carbocycles. The summed E-state index contributed by atoms with van der Waals surface area (Å²) in [5.41, 5.74) is 1.91. The molecule has 0 bridgehead atoms. The maximum Gasteiger partial charge on any atom is 0.349 e. The third-order valence-corrected chi connectivity index (χ3v) is 6.20. The van der Waals surface area contributed by atoms with Gasteiger partial charge in [0.1, 0.15) is 11.1 Å². The Morgan fingerprint density at radius 2 is 1.73 bits per heavy atom. The van der Waals surface area contributed by atoms with Gasteiger partial charge in [-0.05, 0) is 67.8 Å². The molecule has 0 spiro atoms. The maximum absolute atomic E-state index is 12.7. The first-order valence-corrected chi connectivity index (χ1v) is 11.6. The van der Waals surface area contributed by atoms with Crippen LogP contribution in [0.3, 0.4) is 0 Å². The van der Waals surface area contributed by atoms with Gasteiger partial charge in [-0.3, -0.25) is 4.79 Å². The van der Waals surface area contributed by atoms with Crippen molar-refractivity contribution in [1.29, 1.82) is 0 Å². The lowest BCUT2D eigenvalue weighted by Gasteiger charge is -2.27. The molecule has 0 radical (unpaired) electrons. The molecule has 1 N–H and O–H groups in total. The van der Waals surface area contributed by atoms with Crippen molar-refractivity contribution in [2.24, 2.45) is 0 Å². The van der Waals surface area contributed by atoms with Crippen LogP contribution in [-0.4, -0.2) is 29.2 Å². The van der Waals surface area contributed by atoms with Gasteiger partial charge in [-0.15, -0.1) is 10.2 Å². The maximum atomic E-state index is 12.7. The van der Waals surface area contributed by atoms with Gasteiger partial charge in [0.15, 0.2) is 5.82 Å². The van der Waals surface area contributed by atoms with Crippen molar-refractivity contribution in [2.45, 2.75) is 19.3 Å². The minimum Gasteiger partial charge on any atom is -0.422 e. The van der Waals surface area contributed by atoms with Gasteiger partial charge in [0.05, 0.1) is 5.69 Å². The predicted molar refractivity (Wildman–Crippen MR) is 132 cm³/mol. The smallest absolute Gasteiger partial charge is 0.349 e. The Kier molecular flexibility index (Phi) is 5.92. The number of anilines is 2. The van der Waals surface area contributed by atoms with Crippen LogP contribution >= 0.6 is 15.9 Å². The molecule has 4 aromatic rings. The van der Waals surface area contributed by atoms with E-state index in [0.29, 0.717) is 16.7 Å². The lowest BCUT2D eigenvalue weighted by Crippen LogP contribution is -2.30. The third-order valence-electron chi connectivity index (χ3n) is 5.71. The monoisotopic (exact) mass is 504 g/mol. The summed E-state index contributed by atoms with van der Waals surface area (Å²) in [7, 11) is 0. The van der Waals surface area contributed by atoms with Crippen LogP contribution in [0.25, 0.3) is 22.2 Å². The third kappa shape index (κ3) is 4.66. The van der Waals surface area contributed by atoms with E-state index in [2.05, 4.69) is 36.3 Å². The topological polar surface area (TPSA) is 88.3 Å². The normalized spacial score (nSPS) is 13.8. The van der Waals surface area contributed by atoms with E-state index in [1.165, 1.54) is 25.3 Å². The number of nitrogens with zero attached hydrogens (tertiary/aromatic N) is 3. The summed E-state index contributed by atoms with van der Waals surface area (Å²) < 4.78 is 6.11. The molecule has 8 heteroatoms. The molecule has 1 aliphatic heterocycles. The summed E-state index contributed by atoms with van der Waals surface area (Å²) in [6.07, 6.45) is 3.65. The van der Waals surface area contributed by atoms with E-state index >= 15 is 0 Å². The molecule has 7 nitrogen and oxygen atoms in total. The zero-order valence-electron chi connectivity index (χ0n) is 17.8. The zero-order chi connectivity index (χ0) is 22.8. The Labute approximate surface area is 198 Å². The van der Waals surface area contributed by atoms with E-state index in [0.717, 1.165) is 34.6 Å². The second kappa shape index (κ2) is 9.15. The molecule has 33 heavy (non-hydrogen) atoms. The number of aromatic nitrogens is 2. The fraction of sp³-hybridized carbons (Fsp3) is 0.200. The van der Waals surface area contributed by atoms with Crippen LogP contribution in [0.1, 0.15) is 29.6 Å². The lowest BCUT2D eigenvalue weighted by molar-refractivity contribution is 0.102. The number of carbonyl (C=O) groups is 1. The number of hydrogen-bond donors (Lipinski definition) is 1. The molecule has 3 heterocycles. The van der Waals surface area contributed by atoms with Crippen molar-refractivity contribution < 1.29 is 9.21 Å². The quantitative estimate of drug-likeness (QED) is 0.381. The van der Waals surface area contributed by atoms with E-state index in [9.17, 15) is 9.59 Å². The number of hydrogen-bond acceptors (Lipinski definition) is 6.